The van der Waals surface area contributed by atoms with Gasteiger partial charge in [-0.05, 0) is 13.3 Å². The van der Waals surface area contributed by atoms with Gasteiger partial charge in [-0.1, -0.05) is 18.7 Å². The van der Waals surface area contributed by atoms with Crippen LogP contribution in [-0.2, 0) is 9.47 Å². The molecule has 1 aliphatic rings. The Morgan fingerprint density at radius 3 is 3.08 bits per heavy atom. The normalized spacial score (nSPS) is 21.2. The maximum atomic E-state index is 5.36. The van der Waals surface area contributed by atoms with Crippen LogP contribution in [0, 0.1) is 0 Å². The molecule has 1 aliphatic heterocycles. The molecule has 1 fully saturated rings. The molecule has 0 N–H and O–H groups in total. The van der Waals surface area contributed by atoms with Crippen molar-refractivity contribution in [2.45, 2.75) is 25.9 Å². The van der Waals surface area contributed by atoms with Gasteiger partial charge in [0.25, 0.3) is 0 Å². The van der Waals surface area contributed by atoms with Crippen LogP contribution in [-0.4, -0.2) is 19.3 Å². The van der Waals surface area contributed by atoms with Crippen molar-refractivity contribution >= 4 is 0 Å². The number of hydrogen-bond acceptors (Lipinski definition) is 2. The van der Waals surface area contributed by atoms with E-state index < -0.39 is 0 Å². The van der Waals surface area contributed by atoms with E-state index in [1.54, 1.807) is 0 Å². The smallest absolute Gasteiger partial charge is 0.116 e. The number of ether oxygens (including phenoxy) is 2. The molecule has 0 saturated carbocycles. The standard InChI is InChI=1S/C10H16O2/c1-3-4-5-6-9(2)11-7-10-8-12-10/h3-4,10H,2,5-8H2,1H3/b4-3-. The van der Waals surface area contributed by atoms with Crippen LogP contribution in [0.25, 0.3) is 0 Å². The van der Waals surface area contributed by atoms with Gasteiger partial charge >= 0.3 is 0 Å². The van der Waals surface area contributed by atoms with Crippen molar-refractivity contribution in [3.8, 4) is 0 Å². The minimum absolute atomic E-state index is 0.337. The Hall–Kier alpha value is -0.760. The topological polar surface area (TPSA) is 21.8 Å². The molecular weight excluding hydrogens is 152 g/mol. The third kappa shape index (κ3) is 4.19. The zero-order valence-electron chi connectivity index (χ0n) is 7.58. The van der Waals surface area contributed by atoms with Crippen LogP contribution in [0.5, 0.6) is 0 Å². The SMILES string of the molecule is C=C(CC/C=C\C)OCC1CO1. The minimum Gasteiger partial charge on any atom is -0.496 e. The molecule has 1 atom stereocenters. The van der Waals surface area contributed by atoms with Gasteiger partial charge in [0.2, 0.25) is 0 Å². The maximum absolute atomic E-state index is 5.36. The van der Waals surface area contributed by atoms with E-state index in [9.17, 15) is 0 Å². The van der Waals surface area contributed by atoms with E-state index in [2.05, 4.69) is 12.7 Å². The van der Waals surface area contributed by atoms with Crippen molar-refractivity contribution in [3.05, 3.63) is 24.5 Å². The summed E-state index contributed by atoms with van der Waals surface area (Å²) < 4.78 is 10.4. The van der Waals surface area contributed by atoms with Gasteiger partial charge in [-0.15, -0.1) is 0 Å². The van der Waals surface area contributed by atoms with Crippen LogP contribution in [0.3, 0.4) is 0 Å². The molecule has 0 spiro atoms. The molecule has 0 aromatic heterocycles. The first-order chi connectivity index (χ1) is 5.83. The van der Waals surface area contributed by atoms with Crippen molar-refractivity contribution in [1.29, 1.82) is 0 Å². The minimum atomic E-state index is 0.337. The van der Waals surface area contributed by atoms with Gasteiger partial charge in [0.05, 0.1) is 12.4 Å². The molecule has 0 amide bonds. The summed E-state index contributed by atoms with van der Waals surface area (Å²) in [7, 11) is 0. The third-order valence-electron chi connectivity index (χ3n) is 1.70. The van der Waals surface area contributed by atoms with E-state index in [-0.39, 0.29) is 0 Å². The summed E-state index contributed by atoms with van der Waals surface area (Å²) in [6, 6.07) is 0. The summed E-state index contributed by atoms with van der Waals surface area (Å²) in [5.41, 5.74) is 0. The summed E-state index contributed by atoms with van der Waals surface area (Å²) >= 11 is 0. The van der Waals surface area contributed by atoms with Crippen LogP contribution < -0.4 is 0 Å². The average Bonchev–Trinajstić information content (AvgIpc) is 2.84. The lowest BCUT2D eigenvalue weighted by Gasteiger charge is -2.05. The zero-order chi connectivity index (χ0) is 8.81. The monoisotopic (exact) mass is 168 g/mol. The predicted molar refractivity (Wildman–Crippen MR) is 48.9 cm³/mol. The Labute approximate surface area is 73.9 Å². The van der Waals surface area contributed by atoms with Gasteiger partial charge in [-0.25, -0.2) is 0 Å². The molecule has 1 heterocycles. The van der Waals surface area contributed by atoms with Gasteiger partial charge in [0.1, 0.15) is 12.7 Å². The molecule has 2 nitrogen and oxygen atoms in total. The zero-order valence-corrected chi connectivity index (χ0v) is 7.58. The molecule has 0 aromatic carbocycles. The molecule has 1 saturated heterocycles. The van der Waals surface area contributed by atoms with Crippen LogP contribution in [0.1, 0.15) is 19.8 Å². The highest BCUT2D eigenvalue weighted by Crippen LogP contribution is 2.12. The van der Waals surface area contributed by atoms with Gasteiger partial charge in [0, 0.05) is 6.42 Å². The maximum Gasteiger partial charge on any atom is 0.116 e. The highest BCUT2D eigenvalue weighted by molar-refractivity contribution is 4.88. The second-order valence-electron chi connectivity index (χ2n) is 2.91. The second kappa shape index (κ2) is 4.99. The summed E-state index contributed by atoms with van der Waals surface area (Å²) in [6.45, 7) is 7.35. The van der Waals surface area contributed by atoms with Gasteiger partial charge < -0.3 is 9.47 Å². The molecular formula is C10H16O2. The van der Waals surface area contributed by atoms with Gasteiger partial charge in [-0.3, -0.25) is 0 Å². The van der Waals surface area contributed by atoms with E-state index >= 15 is 0 Å². The lowest BCUT2D eigenvalue weighted by Crippen LogP contribution is -2.00. The number of epoxide rings is 1. The quantitative estimate of drug-likeness (QED) is 0.345. The summed E-state index contributed by atoms with van der Waals surface area (Å²) in [4.78, 5) is 0. The highest BCUT2D eigenvalue weighted by atomic mass is 16.6. The average molecular weight is 168 g/mol. The van der Waals surface area contributed by atoms with E-state index in [4.69, 9.17) is 9.47 Å². The molecule has 0 bridgehead atoms. The molecule has 0 radical (unpaired) electrons. The predicted octanol–water partition coefficient (Wildman–Crippen LogP) is 2.27. The van der Waals surface area contributed by atoms with E-state index in [1.165, 1.54) is 0 Å². The van der Waals surface area contributed by atoms with Crippen molar-refractivity contribution in [2.24, 2.45) is 0 Å². The van der Waals surface area contributed by atoms with Crippen molar-refractivity contribution in [1.82, 2.24) is 0 Å². The molecule has 2 heteroatoms. The highest BCUT2D eigenvalue weighted by Gasteiger charge is 2.22. The Kier molecular flexibility index (Phi) is 3.88. The van der Waals surface area contributed by atoms with Crippen molar-refractivity contribution in [2.75, 3.05) is 13.2 Å². The van der Waals surface area contributed by atoms with Crippen molar-refractivity contribution < 1.29 is 9.47 Å². The molecule has 1 rings (SSSR count). The van der Waals surface area contributed by atoms with Crippen LogP contribution in [0.2, 0.25) is 0 Å². The fraction of sp³-hybridized carbons (Fsp3) is 0.600. The third-order valence-corrected chi connectivity index (χ3v) is 1.70. The molecule has 0 aromatic rings. The van der Waals surface area contributed by atoms with Gasteiger partial charge in [0.15, 0.2) is 0 Å². The lowest BCUT2D eigenvalue weighted by molar-refractivity contribution is 0.177. The lowest BCUT2D eigenvalue weighted by atomic mass is 10.2. The second-order valence-corrected chi connectivity index (χ2v) is 2.91. The number of hydrogen-bond donors (Lipinski definition) is 0. The van der Waals surface area contributed by atoms with Crippen LogP contribution in [0.15, 0.2) is 24.5 Å². The summed E-state index contributed by atoms with van der Waals surface area (Å²) in [5, 5.41) is 0. The summed E-state index contributed by atoms with van der Waals surface area (Å²) in [6.07, 6.45) is 6.42. The first-order valence-electron chi connectivity index (χ1n) is 4.36. The number of allylic oxidation sites excluding steroid dienone is 3. The molecule has 12 heavy (non-hydrogen) atoms. The first kappa shape index (κ1) is 9.33. The Balaban J connectivity index is 1.94. The van der Waals surface area contributed by atoms with Crippen molar-refractivity contribution in [3.63, 3.8) is 0 Å². The Morgan fingerprint density at radius 2 is 2.50 bits per heavy atom. The summed E-state index contributed by atoms with van der Waals surface area (Å²) in [5.74, 6) is 0.864. The Bertz CT molecular complexity index is 169. The largest absolute Gasteiger partial charge is 0.496 e. The molecule has 1 unspecified atom stereocenters. The van der Waals surface area contributed by atoms with Crippen LogP contribution >= 0.6 is 0 Å². The fourth-order valence-corrected chi connectivity index (χ4v) is 0.858. The molecule has 0 aliphatic carbocycles. The van der Waals surface area contributed by atoms with E-state index in [1.807, 2.05) is 13.0 Å². The first-order valence-corrected chi connectivity index (χ1v) is 4.36. The fourth-order valence-electron chi connectivity index (χ4n) is 0.858. The Morgan fingerprint density at radius 1 is 1.75 bits per heavy atom. The van der Waals surface area contributed by atoms with E-state index in [0.717, 1.165) is 25.2 Å². The molecule has 68 valence electrons. The van der Waals surface area contributed by atoms with E-state index in [0.29, 0.717) is 12.7 Å². The van der Waals surface area contributed by atoms with Crippen LogP contribution in [0.4, 0.5) is 0 Å². The number of rotatable bonds is 6. The van der Waals surface area contributed by atoms with Gasteiger partial charge in [-0.2, -0.15) is 0 Å².